The molecule has 0 bridgehead atoms. The van der Waals surface area contributed by atoms with Crippen LogP contribution in [0.25, 0.3) is 10.8 Å². The first kappa shape index (κ1) is 18.8. The van der Waals surface area contributed by atoms with Gasteiger partial charge in [0, 0.05) is 12.1 Å². The molecule has 0 saturated heterocycles. The lowest BCUT2D eigenvalue weighted by molar-refractivity contribution is -0.385. The number of hydrazone groups is 1. The topological polar surface area (TPSA) is 117 Å². The van der Waals surface area contributed by atoms with Crippen LogP contribution >= 0.6 is 0 Å². The highest BCUT2D eigenvalue weighted by Crippen LogP contribution is 2.21. The molecule has 1 atom stereocenters. The monoisotopic (exact) mass is 378 g/mol. The van der Waals surface area contributed by atoms with Crippen molar-refractivity contribution >= 4 is 28.6 Å². The lowest BCUT2D eigenvalue weighted by Crippen LogP contribution is -2.33. The quantitative estimate of drug-likeness (QED) is 0.402. The molecule has 0 heterocycles. The fourth-order valence-corrected chi connectivity index (χ4v) is 2.51. The van der Waals surface area contributed by atoms with Crippen LogP contribution in [0.3, 0.4) is 0 Å². The second-order valence-electron chi connectivity index (χ2n) is 5.98. The minimum atomic E-state index is -0.838. The maximum atomic E-state index is 12.1. The number of carbonyl (C=O) groups is 1. The molecule has 0 saturated carbocycles. The predicted octanol–water partition coefficient (Wildman–Crippen LogP) is 2.74. The smallest absolute Gasteiger partial charge is 0.280 e. The number of hydrogen-bond donors (Lipinski definition) is 1. The second kappa shape index (κ2) is 8.17. The van der Waals surface area contributed by atoms with Crippen molar-refractivity contribution in [1.82, 2.24) is 5.43 Å². The molecule has 8 heteroatoms. The van der Waals surface area contributed by atoms with E-state index in [9.17, 15) is 20.0 Å². The molecule has 0 fully saturated rings. The van der Waals surface area contributed by atoms with Crippen molar-refractivity contribution in [3.63, 3.8) is 0 Å². The van der Waals surface area contributed by atoms with Crippen molar-refractivity contribution < 1.29 is 19.6 Å². The lowest BCUT2D eigenvalue weighted by atomic mass is 10.1. The van der Waals surface area contributed by atoms with E-state index in [-0.39, 0.29) is 11.3 Å². The minimum absolute atomic E-state index is 0.00222. The van der Waals surface area contributed by atoms with Gasteiger partial charge in [0.1, 0.15) is 5.75 Å². The minimum Gasteiger partial charge on any atom is -0.872 e. The highest BCUT2D eigenvalue weighted by atomic mass is 16.6. The SMILES string of the molecule is C[C@H](Oc1ccc2ccccc2c1)C(=O)N/N=C\c1cc([N+](=O)[O-])ccc1[O-]. The Labute approximate surface area is 160 Å². The molecule has 0 aromatic heterocycles. The molecule has 142 valence electrons. The zero-order valence-corrected chi connectivity index (χ0v) is 14.9. The first-order valence-corrected chi connectivity index (χ1v) is 8.38. The number of nitrogens with zero attached hydrogens (tertiary/aromatic N) is 2. The molecule has 0 unspecified atom stereocenters. The first-order chi connectivity index (χ1) is 13.4. The Morgan fingerprint density at radius 1 is 1.14 bits per heavy atom. The highest BCUT2D eigenvalue weighted by molar-refractivity contribution is 5.87. The molecular weight excluding hydrogens is 362 g/mol. The second-order valence-corrected chi connectivity index (χ2v) is 5.98. The summed E-state index contributed by atoms with van der Waals surface area (Å²) in [5.74, 6) is -0.433. The number of hydrogen-bond acceptors (Lipinski definition) is 6. The van der Waals surface area contributed by atoms with E-state index in [0.29, 0.717) is 5.75 Å². The molecule has 0 aliphatic heterocycles. The van der Waals surface area contributed by atoms with Gasteiger partial charge in [-0.2, -0.15) is 5.10 Å². The summed E-state index contributed by atoms with van der Waals surface area (Å²) in [7, 11) is 0. The van der Waals surface area contributed by atoms with Gasteiger partial charge in [0.15, 0.2) is 6.10 Å². The van der Waals surface area contributed by atoms with Crippen LogP contribution in [0, 0.1) is 10.1 Å². The summed E-state index contributed by atoms with van der Waals surface area (Å²) >= 11 is 0. The van der Waals surface area contributed by atoms with Gasteiger partial charge in [-0.05, 0) is 35.4 Å². The summed E-state index contributed by atoms with van der Waals surface area (Å²) in [6.45, 7) is 1.56. The van der Waals surface area contributed by atoms with Crippen LogP contribution in [-0.4, -0.2) is 23.1 Å². The standard InChI is InChI=1S/C20H17N3O5/c1-13(28-18-8-6-14-4-2-3-5-15(14)11-18)20(25)22-21-12-16-10-17(23(26)27)7-9-19(16)24/h2-13,24H,1H3,(H,22,25)/p-1/b21-12-/t13-/m0/s1. The molecule has 0 spiro atoms. The average Bonchev–Trinajstić information content (AvgIpc) is 2.69. The molecule has 0 aliphatic rings. The maximum Gasteiger partial charge on any atom is 0.280 e. The number of benzene rings is 3. The van der Waals surface area contributed by atoms with Crippen molar-refractivity contribution in [3.05, 3.63) is 76.3 Å². The van der Waals surface area contributed by atoms with E-state index < -0.39 is 22.7 Å². The third kappa shape index (κ3) is 4.42. The Morgan fingerprint density at radius 2 is 1.89 bits per heavy atom. The van der Waals surface area contributed by atoms with Gasteiger partial charge in [-0.25, -0.2) is 5.43 Å². The summed E-state index contributed by atoms with van der Waals surface area (Å²) < 4.78 is 5.62. The number of carbonyl (C=O) groups excluding carboxylic acids is 1. The van der Waals surface area contributed by atoms with E-state index >= 15 is 0 Å². The van der Waals surface area contributed by atoms with Gasteiger partial charge in [0.2, 0.25) is 0 Å². The van der Waals surface area contributed by atoms with Crippen LogP contribution in [0.5, 0.6) is 11.5 Å². The Morgan fingerprint density at radius 3 is 2.64 bits per heavy atom. The number of nitro benzene ring substituents is 1. The van der Waals surface area contributed by atoms with Gasteiger partial charge >= 0.3 is 0 Å². The Kier molecular flexibility index (Phi) is 5.50. The van der Waals surface area contributed by atoms with Gasteiger partial charge in [-0.15, -0.1) is 0 Å². The van der Waals surface area contributed by atoms with Crippen molar-refractivity contribution in [2.75, 3.05) is 0 Å². The van der Waals surface area contributed by atoms with Crippen molar-refractivity contribution in [1.29, 1.82) is 0 Å². The summed E-state index contributed by atoms with van der Waals surface area (Å²) in [6.07, 6.45) is 0.228. The maximum absolute atomic E-state index is 12.1. The fourth-order valence-electron chi connectivity index (χ4n) is 2.51. The van der Waals surface area contributed by atoms with Gasteiger partial charge < -0.3 is 9.84 Å². The molecule has 1 amide bonds. The normalized spacial score (nSPS) is 12.0. The summed E-state index contributed by atoms with van der Waals surface area (Å²) in [6, 6.07) is 16.5. The largest absolute Gasteiger partial charge is 0.872 e. The number of ether oxygens (including phenoxy) is 1. The molecule has 28 heavy (non-hydrogen) atoms. The van der Waals surface area contributed by atoms with E-state index in [2.05, 4.69) is 10.5 Å². The number of rotatable bonds is 6. The number of non-ortho nitro benzene ring substituents is 1. The molecule has 0 radical (unpaired) electrons. The summed E-state index contributed by atoms with van der Waals surface area (Å²) in [5, 5.41) is 28.2. The van der Waals surface area contributed by atoms with E-state index in [0.717, 1.165) is 35.2 Å². The molecule has 3 rings (SSSR count). The van der Waals surface area contributed by atoms with Crippen LogP contribution in [0.1, 0.15) is 12.5 Å². The van der Waals surface area contributed by atoms with Crippen LogP contribution in [-0.2, 0) is 4.79 Å². The number of amides is 1. The molecule has 3 aromatic rings. The van der Waals surface area contributed by atoms with Crippen LogP contribution < -0.4 is 15.3 Å². The van der Waals surface area contributed by atoms with Gasteiger partial charge in [0.25, 0.3) is 11.6 Å². The van der Waals surface area contributed by atoms with Gasteiger partial charge in [-0.3, -0.25) is 14.9 Å². The zero-order valence-electron chi connectivity index (χ0n) is 14.9. The lowest BCUT2D eigenvalue weighted by Gasteiger charge is -2.13. The van der Waals surface area contributed by atoms with Crippen molar-refractivity contribution in [2.24, 2.45) is 5.10 Å². The molecule has 1 N–H and O–H groups in total. The molecule has 0 aliphatic carbocycles. The van der Waals surface area contributed by atoms with E-state index in [1.54, 1.807) is 13.0 Å². The van der Waals surface area contributed by atoms with Gasteiger partial charge in [0.05, 0.1) is 11.1 Å². The Hall–Kier alpha value is -3.94. The third-order valence-corrected chi connectivity index (χ3v) is 3.99. The Bertz CT molecular complexity index is 1060. The van der Waals surface area contributed by atoms with E-state index in [1.165, 1.54) is 0 Å². The van der Waals surface area contributed by atoms with E-state index in [1.807, 2.05) is 36.4 Å². The number of nitrogens with one attached hydrogen (secondary N) is 1. The van der Waals surface area contributed by atoms with E-state index in [4.69, 9.17) is 4.74 Å². The summed E-state index contributed by atoms with van der Waals surface area (Å²) in [4.78, 5) is 22.3. The third-order valence-electron chi connectivity index (χ3n) is 3.99. The predicted molar refractivity (Wildman–Crippen MR) is 102 cm³/mol. The van der Waals surface area contributed by atoms with Gasteiger partial charge in [-0.1, -0.05) is 42.1 Å². The number of fused-ring (bicyclic) bond motifs is 1. The summed E-state index contributed by atoms with van der Waals surface area (Å²) in [5.41, 5.74) is 2.02. The van der Waals surface area contributed by atoms with Crippen LogP contribution in [0.4, 0.5) is 5.69 Å². The fraction of sp³-hybridized carbons (Fsp3) is 0.100. The average molecular weight is 378 g/mol. The van der Waals surface area contributed by atoms with Crippen molar-refractivity contribution in [2.45, 2.75) is 13.0 Å². The van der Waals surface area contributed by atoms with Crippen molar-refractivity contribution in [3.8, 4) is 11.5 Å². The zero-order chi connectivity index (χ0) is 20.1. The highest BCUT2D eigenvalue weighted by Gasteiger charge is 2.14. The molecule has 8 nitrogen and oxygen atoms in total. The molecule has 3 aromatic carbocycles. The Balaban J connectivity index is 1.63. The van der Waals surface area contributed by atoms with Crippen LogP contribution in [0.2, 0.25) is 0 Å². The number of nitro groups is 1. The first-order valence-electron chi connectivity index (χ1n) is 8.38. The molecular formula is C20H16N3O5-. The van der Waals surface area contributed by atoms with Crippen LogP contribution in [0.15, 0.2) is 65.8 Å².